The monoisotopic (exact) mass is 324 g/mol. The number of hydrogen-bond acceptors (Lipinski definition) is 2. The number of aromatic carboxylic acids is 2. The number of benzene rings is 2. The van der Waals surface area contributed by atoms with Crippen molar-refractivity contribution in [3.05, 3.63) is 70.3 Å². The van der Waals surface area contributed by atoms with Crippen molar-refractivity contribution in [3.63, 3.8) is 0 Å². The molecule has 1 aliphatic rings. The Labute approximate surface area is 140 Å². The lowest BCUT2D eigenvalue weighted by molar-refractivity contribution is 0.0649. The SMILES string of the molecule is CC1(C)C[C@@](C)(c2ccccc2)c2c1ccc(C(=O)O)c2C(=O)O. The van der Waals surface area contributed by atoms with Crippen LogP contribution in [0.1, 0.15) is 64.6 Å². The molecule has 0 unspecified atom stereocenters. The second kappa shape index (κ2) is 5.20. The fourth-order valence-corrected chi connectivity index (χ4v) is 4.26. The molecule has 0 radical (unpaired) electrons. The molecule has 0 saturated heterocycles. The molecule has 0 spiro atoms. The minimum absolute atomic E-state index is 0.0862. The van der Waals surface area contributed by atoms with Gasteiger partial charge in [0.05, 0.1) is 11.1 Å². The summed E-state index contributed by atoms with van der Waals surface area (Å²) in [6.45, 7) is 6.16. The minimum atomic E-state index is -1.21. The zero-order valence-corrected chi connectivity index (χ0v) is 14.0. The maximum Gasteiger partial charge on any atom is 0.336 e. The Morgan fingerprint density at radius 3 is 2.08 bits per heavy atom. The molecule has 2 aromatic carbocycles. The Kier molecular flexibility index (Phi) is 3.52. The highest BCUT2D eigenvalue weighted by Gasteiger charge is 2.48. The van der Waals surface area contributed by atoms with E-state index >= 15 is 0 Å². The van der Waals surface area contributed by atoms with Gasteiger partial charge in [0.25, 0.3) is 0 Å². The summed E-state index contributed by atoms with van der Waals surface area (Å²) < 4.78 is 0. The topological polar surface area (TPSA) is 74.6 Å². The van der Waals surface area contributed by atoms with Gasteiger partial charge in [-0.3, -0.25) is 0 Å². The molecule has 0 heterocycles. The average molecular weight is 324 g/mol. The number of hydrogen-bond donors (Lipinski definition) is 2. The zero-order chi connectivity index (χ0) is 17.7. The number of fused-ring (bicyclic) bond motifs is 1. The van der Waals surface area contributed by atoms with Crippen molar-refractivity contribution in [3.8, 4) is 0 Å². The Bertz CT molecular complexity index is 836. The van der Waals surface area contributed by atoms with Crippen LogP contribution < -0.4 is 0 Å². The van der Waals surface area contributed by atoms with Crippen molar-refractivity contribution in [1.29, 1.82) is 0 Å². The van der Waals surface area contributed by atoms with Crippen LogP contribution in [-0.4, -0.2) is 22.2 Å². The predicted octanol–water partition coefficient (Wildman–Crippen LogP) is 4.07. The summed E-state index contributed by atoms with van der Waals surface area (Å²) in [6.07, 6.45) is 0.725. The fraction of sp³-hybridized carbons (Fsp3) is 0.300. The Morgan fingerprint density at radius 2 is 1.54 bits per heavy atom. The third kappa shape index (κ3) is 2.21. The second-order valence-corrected chi connectivity index (χ2v) is 7.28. The third-order valence-corrected chi connectivity index (χ3v) is 5.14. The lowest BCUT2D eigenvalue weighted by atomic mass is 9.73. The fourth-order valence-electron chi connectivity index (χ4n) is 4.26. The van der Waals surface area contributed by atoms with Crippen LogP contribution in [0.15, 0.2) is 42.5 Å². The van der Waals surface area contributed by atoms with Gasteiger partial charge >= 0.3 is 11.9 Å². The molecule has 0 fully saturated rings. The first-order valence-electron chi connectivity index (χ1n) is 7.88. The molecule has 1 aliphatic carbocycles. The predicted molar refractivity (Wildman–Crippen MR) is 90.9 cm³/mol. The van der Waals surface area contributed by atoms with E-state index in [9.17, 15) is 19.8 Å². The molecule has 2 aromatic rings. The van der Waals surface area contributed by atoms with Gasteiger partial charge in [-0.25, -0.2) is 9.59 Å². The van der Waals surface area contributed by atoms with E-state index in [-0.39, 0.29) is 16.5 Å². The van der Waals surface area contributed by atoms with Crippen LogP contribution in [-0.2, 0) is 10.8 Å². The van der Waals surface area contributed by atoms with Gasteiger partial charge in [-0.15, -0.1) is 0 Å². The number of rotatable bonds is 3. The van der Waals surface area contributed by atoms with E-state index in [0.717, 1.165) is 17.5 Å². The van der Waals surface area contributed by atoms with Crippen LogP contribution in [0.25, 0.3) is 0 Å². The van der Waals surface area contributed by atoms with Crippen molar-refractivity contribution in [2.45, 2.75) is 38.0 Å². The molecule has 24 heavy (non-hydrogen) atoms. The molecular weight excluding hydrogens is 304 g/mol. The highest BCUT2D eigenvalue weighted by Crippen LogP contribution is 2.54. The van der Waals surface area contributed by atoms with Gasteiger partial charge in [-0.2, -0.15) is 0 Å². The van der Waals surface area contributed by atoms with Crippen LogP contribution in [0, 0.1) is 0 Å². The van der Waals surface area contributed by atoms with Gasteiger partial charge in [0.15, 0.2) is 0 Å². The standard InChI is InChI=1S/C20H20O4/c1-19(2)11-20(3,12-7-5-4-6-8-12)16-14(19)10-9-13(17(21)22)15(16)18(23)24/h4-10H,11H2,1-3H3,(H,21,22)(H,23,24)/t20-/m0/s1. The number of carbonyl (C=O) groups is 2. The van der Waals surface area contributed by atoms with E-state index < -0.39 is 17.4 Å². The highest BCUT2D eigenvalue weighted by molar-refractivity contribution is 6.03. The van der Waals surface area contributed by atoms with E-state index in [1.807, 2.05) is 37.3 Å². The molecule has 4 nitrogen and oxygen atoms in total. The van der Waals surface area contributed by atoms with Crippen LogP contribution in [0.4, 0.5) is 0 Å². The zero-order valence-electron chi connectivity index (χ0n) is 14.0. The summed E-state index contributed by atoms with van der Waals surface area (Å²) in [7, 11) is 0. The molecular formula is C20H20O4. The average Bonchev–Trinajstić information content (AvgIpc) is 2.74. The normalized spacial score (nSPS) is 21.3. The maximum absolute atomic E-state index is 12.0. The summed E-state index contributed by atoms with van der Waals surface area (Å²) in [5, 5.41) is 19.2. The van der Waals surface area contributed by atoms with E-state index in [0.29, 0.717) is 5.56 Å². The van der Waals surface area contributed by atoms with E-state index in [1.54, 1.807) is 6.07 Å². The van der Waals surface area contributed by atoms with Crippen molar-refractivity contribution < 1.29 is 19.8 Å². The van der Waals surface area contributed by atoms with Crippen LogP contribution in [0.2, 0.25) is 0 Å². The molecule has 2 N–H and O–H groups in total. The van der Waals surface area contributed by atoms with Crippen molar-refractivity contribution in [2.75, 3.05) is 0 Å². The Morgan fingerprint density at radius 1 is 0.917 bits per heavy atom. The first-order valence-corrected chi connectivity index (χ1v) is 7.88. The highest BCUT2D eigenvalue weighted by atomic mass is 16.4. The molecule has 0 saturated carbocycles. The van der Waals surface area contributed by atoms with Crippen LogP contribution in [0.5, 0.6) is 0 Å². The molecule has 3 rings (SSSR count). The second-order valence-electron chi connectivity index (χ2n) is 7.28. The molecule has 0 aliphatic heterocycles. The summed E-state index contributed by atoms with van der Waals surface area (Å²) in [4.78, 5) is 23.5. The molecule has 1 atom stereocenters. The summed E-state index contributed by atoms with van der Waals surface area (Å²) in [5.41, 5.74) is 1.53. The van der Waals surface area contributed by atoms with Gasteiger partial charge in [-0.1, -0.05) is 57.2 Å². The summed E-state index contributed by atoms with van der Waals surface area (Å²) in [5.74, 6) is -2.40. The van der Waals surface area contributed by atoms with Gasteiger partial charge in [0.1, 0.15) is 0 Å². The minimum Gasteiger partial charge on any atom is -0.478 e. The first-order chi connectivity index (χ1) is 11.2. The smallest absolute Gasteiger partial charge is 0.336 e. The van der Waals surface area contributed by atoms with E-state index in [1.165, 1.54) is 6.07 Å². The van der Waals surface area contributed by atoms with Crippen molar-refractivity contribution in [1.82, 2.24) is 0 Å². The lowest BCUT2D eigenvalue weighted by Crippen LogP contribution is -2.26. The third-order valence-electron chi connectivity index (χ3n) is 5.14. The van der Waals surface area contributed by atoms with E-state index in [2.05, 4.69) is 13.8 Å². The number of carboxylic acid groups (broad SMARTS) is 2. The van der Waals surface area contributed by atoms with Gasteiger partial charge in [0.2, 0.25) is 0 Å². The number of carboxylic acids is 2. The van der Waals surface area contributed by atoms with Crippen molar-refractivity contribution in [2.24, 2.45) is 0 Å². The Balaban J connectivity index is 2.41. The molecule has 4 heteroatoms. The summed E-state index contributed by atoms with van der Waals surface area (Å²) >= 11 is 0. The lowest BCUT2D eigenvalue weighted by Gasteiger charge is -2.29. The van der Waals surface area contributed by atoms with Crippen molar-refractivity contribution >= 4 is 11.9 Å². The van der Waals surface area contributed by atoms with Gasteiger partial charge in [-0.05, 0) is 34.6 Å². The summed E-state index contributed by atoms with van der Waals surface area (Å²) in [6, 6.07) is 12.9. The quantitative estimate of drug-likeness (QED) is 0.892. The molecule has 0 amide bonds. The first kappa shape index (κ1) is 16.2. The van der Waals surface area contributed by atoms with Gasteiger partial charge in [0, 0.05) is 5.41 Å². The van der Waals surface area contributed by atoms with E-state index in [4.69, 9.17) is 0 Å². The molecule has 0 bridgehead atoms. The van der Waals surface area contributed by atoms with Crippen LogP contribution >= 0.6 is 0 Å². The Hall–Kier alpha value is -2.62. The molecule has 0 aromatic heterocycles. The maximum atomic E-state index is 12.0. The molecule has 124 valence electrons. The van der Waals surface area contributed by atoms with Gasteiger partial charge < -0.3 is 10.2 Å². The van der Waals surface area contributed by atoms with Crippen LogP contribution in [0.3, 0.4) is 0 Å². The largest absolute Gasteiger partial charge is 0.478 e.